The van der Waals surface area contributed by atoms with E-state index in [2.05, 4.69) is 102 Å². The first kappa shape index (κ1) is 75.1. The maximum atomic E-state index is 5.99. The van der Waals surface area contributed by atoms with Crippen molar-refractivity contribution in [2.45, 2.75) is 243 Å². The lowest BCUT2D eigenvalue weighted by molar-refractivity contribution is 0.0510. The van der Waals surface area contributed by atoms with Crippen LogP contribution in [0, 0.1) is 28.6 Å². The summed E-state index contributed by atoms with van der Waals surface area (Å²) in [6.45, 7) is 37.0. The van der Waals surface area contributed by atoms with E-state index in [-0.39, 0.29) is 0 Å². The van der Waals surface area contributed by atoms with Crippen molar-refractivity contribution in [1.29, 1.82) is 0 Å². The van der Waals surface area contributed by atoms with Crippen LogP contribution in [0.25, 0.3) is 0 Å². The van der Waals surface area contributed by atoms with Gasteiger partial charge >= 0.3 is 0 Å². The Labute approximate surface area is 404 Å². The van der Waals surface area contributed by atoms with Crippen LogP contribution in [0.3, 0.4) is 0 Å². The van der Waals surface area contributed by atoms with Crippen molar-refractivity contribution >= 4 is 0 Å². The van der Waals surface area contributed by atoms with E-state index in [1.165, 1.54) is 135 Å². The van der Waals surface area contributed by atoms with Crippen LogP contribution in [0.4, 0.5) is 0 Å². The Kier molecular flexibility index (Phi) is 68.9. The van der Waals surface area contributed by atoms with Gasteiger partial charge in [0.25, 0.3) is 0 Å². The minimum Gasteiger partial charge on any atom is -0.379 e. The Bertz CT molecular complexity index is 771. The van der Waals surface area contributed by atoms with E-state index >= 15 is 0 Å². The highest BCUT2D eigenvalue weighted by atomic mass is 16.5. The molecule has 10 heteroatoms. The number of hydrogen-bond donors (Lipinski definition) is 7. The summed E-state index contributed by atoms with van der Waals surface area (Å²) >= 11 is 0. The third-order valence-electron chi connectivity index (χ3n) is 11.0. The number of ether oxygens (including phenoxy) is 2. The third-order valence-corrected chi connectivity index (χ3v) is 11.0. The number of unbranched alkanes of at least 4 members (excludes halogenated alkanes) is 7. The highest BCUT2D eigenvalue weighted by molar-refractivity contribution is 4.90. The molecule has 0 spiro atoms. The van der Waals surface area contributed by atoms with E-state index in [1.807, 2.05) is 6.92 Å². The first-order valence-corrected chi connectivity index (χ1v) is 27.0. The van der Waals surface area contributed by atoms with Crippen molar-refractivity contribution in [3.8, 4) is 0 Å². The van der Waals surface area contributed by atoms with Crippen molar-refractivity contribution in [2.24, 2.45) is 68.7 Å². The van der Waals surface area contributed by atoms with Gasteiger partial charge in [-0.15, -0.1) is 0 Å². The lowest BCUT2D eigenvalue weighted by atomic mass is 9.64. The smallest absolute Gasteiger partial charge is 0.0701 e. The van der Waals surface area contributed by atoms with Crippen molar-refractivity contribution in [3.63, 3.8) is 0 Å². The van der Waals surface area contributed by atoms with Crippen molar-refractivity contribution in [1.82, 2.24) is 4.90 Å². The predicted molar refractivity (Wildman–Crippen MR) is 292 cm³/mol. The molecule has 396 valence electrons. The van der Waals surface area contributed by atoms with Gasteiger partial charge in [-0.25, -0.2) is 0 Å². The molecule has 64 heavy (non-hydrogen) atoms. The summed E-state index contributed by atoms with van der Waals surface area (Å²) in [5.74, 6) is 2.51. The Hall–Kier alpha value is -0.400. The zero-order valence-corrected chi connectivity index (χ0v) is 46.8. The first-order valence-electron chi connectivity index (χ1n) is 27.0. The lowest BCUT2D eigenvalue weighted by Crippen LogP contribution is -2.40. The molecular formula is C54H128N8O2. The van der Waals surface area contributed by atoms with Gasteiger partial charge in [-0.3, -0.25) is 0 Å². The highest BCUT2D eigenvalue weighted by Crippen LogP contribution is 2.44. The van der Waals surface area contributed by atoms with Gasteiger partial charge in [0.2, 0.25) is 0 Å². The van der Waals surface area contributed by atoms with Gasteiger partial charge < -0.3 is 54.5 Å². The summed E-state index contributed by atoms with van der Waals surface area (Å²) < 4.78 is 10.2. The molecule has 0 radical (unpaired) electrons. The minimum absolute atomic E-state index is 0.398. The second kappa shape index (κ2) is 58.7. The van der Waals surface area contributed by atoms with Gasteiger partial charge in [-0.1, -0.05) is 154 Å². The van der Waals surface area contributed by atoms with Crippen molar-refractivity contribution < 1.29 is 9.47 Å². The van der Waals surface area contributed by atoms with Crippen molar-refractivity contribution in [2.75, 3.05) is 79.8 Å². The van der Waals surface area contributed by atoms with Gasteiger partial charge in [0, 0.05) is 25.2 Å². The van der Waals surface area contributed by atoms with Gasteiger partial charge in [0.05, 0.1) is 19.8 Å². The van der Waals surface area contributed by atoms with E-state index in [1.54, 1.807) is 0 Å². The van der Waals surface area contributed by atoms with Crippen LogP contribution in [0.1, 0.15) is 231 Å². The molecule has 0 bridgehead atoms. The molecule has 4 atom stereocenters. The molecule has 2 fully saturated rings. The molecule has 0 saturated heterocycles. The van der Waals surface area contributed by atoms with Crippen LogP contribution >= 0.6 is 0 Å². The maximum Gasteiger partial charge on any atom is 0.0701 e. The quantitative estimate of drug-likeness (QED) is 0.0456. The number of nitrogens with zero attached hydrogens (tertiary/aromatic N) is 1. The van der Waals surface area contributed by atoms with Crippen molar-refractivity contribution in [3.05, 3.63) is 0 Å². The van der Waals surface area contributed by atoms with Crippen LogP contribution in [0.5, 0.6) is 0 Å². The molecule has 10 nitrogen and oxygen atoms in total. The Morgan fingerprint density at radius 1 is 0.594 bits per heavy atom. The van der Waals surface area contributed by atoms with E-state index in [4.69, 9.17) is 49.6 Å². The topological polar surface area (TPSA) is 204 Å². The number of hydrogen-bond acceptors (Lipinski definition) is 10. The van der Waals surface area contributed by atoms with Gasteiger partial charge in [-0.2, -0.15) is 0 Å². The van der Waals surface area contributed by atoms with Crippen LogP contribution in [0.15, 0.2) is 0 Å². The van der Waals surface area contributed by atoms with Crippen LogP contribution in [0.2, 0.25) is 0 Å². The van der Waals surface area contributed by atoms with Crippen LogP contribution in [-0.2, 0) is 9.47 Å². The zero-order valence-electron chi connectivity index (χ0n) is 46.8. The normalized spacial score (nSPS) is 18.0. The minimum atomic E-state index is 0.398. The first-order chi connectivity index (χ1) is 30.2. The molecule has 0 heterocycles. The fourth-order valence-corrected chi connectivity index (χ4v) is 7.81. The second-order valence-electron chi connectivity index (χ2n) is 20.8. The zero-order chi connectivity index (χ0) is 50.5. The number of rotatable bonds is 24. The fourth-order valence-electron chi connectivity index (χ4n) is 7.81. The molecule has 0 aromatic heterocycles. The summed E-state index contributed by atoms with van der Waals surface area (Å²) in [5.41, 5.74) is 38.9. The molecule has 0 aromatic rings. The molecule has 2 saturated carbocycles. The summed E-state index contributed by atoms with van der Waals surface area (Å²) in [6.07, 6.45) is 28.2. The van der Waals surface area contributed by atoms with E-state index in [0.717, 1.165) is 63.4 Å². The highest BCUT2D eigenvalue weighted by Gasteiger charge is 2.36. The Balaban J connectivity index is -0.000000152. The predicted octanol–water partition coefficient (Wildman–Crippen LogP) is 11.6. The molecule has 2 aliphatic rings. The summed E-state index contributed by atoms with van der Waals surface area (Å²) in [6, 6.07) is 0.823. The molecule has 2 aliphatic carbocycles. The maximum absolute atomic E-state index is 5.99. The summed E-state index contributed by atoms with van der Waals surface area (Å²) in [5, 5.41) is 0. The average molecular weight is 922 g/mol. The largest absolute Gasteiger partial charge is 0.379 e. The fraction of sp³-hybridized carbons (Fsp3) is 1.00. The summed E-state index contributed by atoms with van der Waals surface area (Å²) in [7, 11) is 4.21. The summed E-state index contributed by atoms with van der Waals surface area (Å²) in [4.78, 5) is 2.21. The van der Waals surface area contributed by atoms with Gasteiger partial charge in [0.1, 0.15) is 0 Å². The average Bonchev–Trinajstić information content (AvgIpc) is 3.22. The number of nitrogens with two attached hydrogens (primary N) is 7. The standard InChI is InChI=1S/C10H21N.C8H17N.C7H17NO2.2C7H17N.C6H15N.C5H13N.C4H11N/c1-9(2)5-8(11)6-10(3,4)7-9;1-7-3-2-4-8(5-7)6-9;1-2-4-9-6-7-10-5-3-8;1-3-4-5-7(2)6-8;1-2-3-4-5-6-7-8;1-4-5-6-7(2)3;1-3-4-5(2)6;1-2-3-4-5/h8H,5-7,11H2,1-4H3;7-8H,2-6,9H2,1H3;2-8H2,1H3;7H,3-6,8H2,1-2H3;2-8H2,1H3;4-6H2,1-3H3;5H,3-4,6H2,1-2H3;2-5H2,1H3. The van der Waals surface area contributed by atoms with E-state index in [9.17, 15) is 0 Å². The monoisotopic (exact) mass is 921 g/mol. The molecule has 2 rings (SSSR count). The SMILES string of the molecule is CC1(C)CC(N)CC(C)(C)C1.CC1CCCC(CN)C1.CCCC(C)N.CCCCC(C)CN.CCCCCCCN.CCCCN.CCCCN(C)C.CCCOCCOCCN. The Morgan fingerprint density at radius 3 is 1.42 bits per heavy atom. The Morgan fingerprint density at radius 2 is 1.11 bits per heavy atom. The van der Waals surface area contributed by atoms with Gasteiger partial charge in [-0.05, 0) is 153 Å². The molecule has 0 aliphatic heterocycles. The molecular weight excluding hydrogens is 793 g/mol. The molecule has 0 aromatic carbocycles. The van der Waals surface area contributed by atoms with E-state index < -0.39 is 0 Å². The lowest BCUT2D eigenvalue weighted by Gasteiger charge is -2.43. The molecule has 14 N–H and O–H groups in total. The second-order valence-corrected chi connectivity index (χ2v) is 20.8. The van der Waals surface area contributed by atoms with Crippen LogP contribution < -0.4 is 40.1 Å². The van der Waals surface area contributed by atoms with E-state index in [0.29, 0.717) is 49.3 Å². The molecule has 4 unspecified atom stereocenters. The van der Waals surface area contributed by atoms with Gasteiger partial charge in [0.15, 0.2) is 0 Å². The third kappa shape index (κ3) is 75.9. The molecule has 0 amide bonds. The van der Waals surface area contributed by atoms with Crippen LogP contribution in [-0.4, -0.2) is 96.8 Å².